The Morgan fingerprint density at radius 3 is 2.57 bits per heavy atom. The minimum Gasteiger partial charge on any atom is -0.348 e. The maximum absolute atomic E-state index is 11.8. The molecule has 0 aliphatic heterocycles. The van der Waals surface area contributed by atoms with Crippen molar-refractivity contribution in [3.05, 3.63) is 31.3 Å². The van der Waals surface area contributed by atoms with Crippen LogP contribution in [0, 0.1) is 3.57 Å². The molecule has 0 spiro atoms. The van der Waals surface area contributed by atoms with Crippen LogP contribution in [-0.2, 0) is 14.1 Å². The molecule has 2 heterocycles. The Morgan fingerprint density at radius 1 is 1.29 bits per heavy atom. The average Bonchev–Trinajstić information content (AvgIpc) is 2.38. The number of hydrogen-bond acceptors (Lipinski definition) is 1. The number of pyridine rings is 1. The van der Waals surface area contributed by atoms with Crippen molar-refractivity contribution in [3.8, 4) is 0 Å². The number of aromatic nitrogens is 2. The van der Waals surface area contributed by atoms with Crippen molar-refractivity contribution in [1.82, 2.24) is 9.13 Å². The first-order valence-corrected chi connectivity index (χ1v) is 5.47. The van der Waals surface area contributed by atoms with Gasteiger partial charge in [-0.05, 0) is 22.6 Å². The molecule has 74 valence electrons. The number of nitrogens with zero attached hydrogens (tertiary/aromatic N) is 2. The molecule has 3 nitrogen and oxygen atoms in total. The summed E-state index contributed by atoms with van der Waals surface area (Å²) in [5.74, 6) is 0. The summed E-state index contributed by atoms with van der Waals surface area (Å²) >= 11 is 8.21. The highest BCUT2D eigenvalue weighted by Crippen LogP contribution is 2.25. The minimum absolute atomic E-state index is 0.00519. The smallest absolute Gasteiger partial charge is 0.260 e. The van der Waals surface area contributed by atoms with Gasteiger partial charge >= 0.3 is 0 Å². The Hall–Kier alpha value is -0.490. The van der Waals surface area contributed by atoms with Crippen LogP contribution in [0.5, 0.6) is 0 Å². The summed E-state index contributed by atoms with van der Waals surface area (Å²) in [6, 6.07) is 0. The van der Waals surface area contributed by atoms with Gasteiger partial charge in [-0.15, -0.1) is 0 Å². The molecule has 0 aliphatic rings. The summed E-state index contributed by atoms with van der Waals surface area (Å²) < 4.78 is 4.32. The van der Waals surface area contributed by atoms with Gasteiger partial charge < -0.3 is 9.13 Å². The molecule has 0 saturated heterocycles. The topological polar surface area (TPSA) is 26.9 Å². The lowest BCUT2D eigenvalue weighted by molar-refractivity contribution is 0.869. The number of rotatable bonds is 0. The third-order valence-corrected chi connectivity index (χ3v) is 3.30. The monoisotopic (exact) mass is 322 g/mol. The zero-order valence-electron chi connectivity index (χ0n) is 7.71. The van der Waals surface area contributed by atoms with Crippen LogP contribution < -0.4 is 5.56 Å². The maximum atomic E-state index is 11.8. The fraction of sp³-hybridized carbons (Fsp3) is 0.222. The van der Waals surface area contributed by atoms with Gasteiger partial charge in [-0.2, -0.15) is 0 Å². The fourth-order valence-electron chi connectivity index (χ4n) is 1.55. The van der Waals surface area contributed by atoms with Gasteiger partial charge in [-0.1, -0.05) is 11.6 Å². The van der Waals surface area contributed by atoms with E-state index in [0.717, 1.165) is 9.09 Å². The summed E-state index contributed by atoms with van der Waals surface area (Å²) in [4.78, 5) is 11.8. The second-order valence-corrected chi connectivity index (χ2v) is 4.77. The summed E-state index contributed by atoms with van der Waals surface area (Å²) in [6.45, 7) is 0. The molecule has 2 rings (SSSR count). The van der Waals surface area contributed by atoms with Gasteiger partial charge in [0.25, 0.3) is 5.56 Å². The number of fused-ring (bicyclic) bond motifs is 1. The lowest BCUT2D eigenvalue weighted by Gasteiger charge is -2.02. The summed E-state index contributed by atoms with van der Waals surface area (Å²) in [6.07, 6.45) is 3.54. The largest absolute Gasteiger partial charge is 0.348 e. The van der Waals surface area contributed by atoms with Crippen LogP contribution in [0.3, 0.4) is 0 Å². The van der Waals surface area contributed by atoms with Crippen LogP contribution in [-0.4, -0.2) is 9.13 Å². The zero-order chi connectivity index (χ0) is 10.5. The molecule has 2 aromatic heterocycles. The standard InChI is InChI=1S/C9H8ClIN2O/c1-12-4-6(11)7-8(12)5(10)3-13(2)9(7)14/h3-4H,1-2H3. The van der Waals surface area contributed by atoms with Crippen LogP contribution >= 0.6 is 34.2 Å². The molecule has 0 atom stereocenters. The third-order valence-electron chi connectivity index (χ3n) is 2.20. The number of aryl methyl sites for hydroxylation is 2. The van der Waals surface area contributed by atoms with E-state index in [-0.39, 0.29) is 5.56 Å². The molecule has 0 fully saturated rings. The van der Waals surface area contributed by atoms with Gasteiger partial charge in [-0.25, -0.2) is 0 Å². The highest BCUT2D eigenvalue weighted by Gasteiger charge is 2.12. The molecule has 2 aromatic rings. The molecule has 0 unspecified atom stereocenters. The Morgan fingerprint density at radius 2 is 1.93 bits per heavy atom. The summed E-state index contributed by atoms with van der Waals surface area (Å²) in [5, 5.41) is 1.30. The van der Waals surface area contributed by atoms with Crippen molar-refractivity contribution in [1.29, 1.82) is 0 Å². The predicted octanol–water partition coefficient (Wildman–Crippen LogP) is 2.13. The lowest BCUT2D eigenvalue weighted by atomic mass is 10.3. The van der Waals surface area contributed by atoms with Crippen molar-refractivity contribution in [2.45, 2.75) is 0 Å². The van der Waals surface area contributed by atoms with E-state index in [1.54, 1.807) is 13.2 Å². The van der Waals surface area contributed by atoms with Crippen LogP contribution in [0.25, 0.3) is 10.9 Å². The summed E-state index contributed by atoms with van der Waals surface area (Å²) in [5.41, 5.74) is 0.800. The van der Waals surface area contributed by atoms with E-state index in [1.807, 2.05) is 17.8 Å². The van der Waals surface area contributed by atoms with Crippen molar-refractivity contribution >= 4 is 45.1 Å². The first-order valence-electron chi connectivity index (χ1n) is 4.02. The van der Waals surface area contributed by atoms with Gasteiger partial charge in [0.15, 0.2) is 0 Å². The zero-order valence-corrected chi connectivity index (χ0v) is 10.6. The van der Waals surface area contributed by atoms with Crippen molar-refractivity contribution in [2.75, 3.05) is 0 Å². The average molecular weight is 323 g/mol. The maximum Gasteiger partial charge on any atom is 0.260 e. The van der Waals surface area contributed by atoms with E-state index in [1.165, 1.54) is 4.57 Å². The van der Waals surface area contributed by atoms with Gasteiger partial charge in [-0.3, -0.25) is 4.79 Å². The van der Waals surface area contributed by atoms with Crippen LogP contribution in [0.15, 0.2) is 17.2 Å². The second kappa shape index (κ2) is 3.27. The van der Waals surface area contributed by atoms with E-state index in [9.17, 15) is 4.79 Å². The van der Waals surface area contributed by atoms with Crippen LogP contribution in [0.2, 0.25) is 5.02 Å². The Bertz CT molecular complexity index is 570. The van der Waals surface area contributed by atoms with Crippen molar-refractivity contribution in [3.63, 3.8) is 0 Å². The van der Waals surface area contributed by atoms with E-state index in [2.05, 4.69) is 22.6 Å². The van der Waals surface area contributed by atoms with Gasteiger partial charge in [0, 0.05) is 30.1 Å². The molecule has 0 aliphatic carbocycles. The molecular weight excluding hydrogens is 314 g/mol. The number of hydrogen-bond donors (Lipinski definition) is 0. The molecule has 0 radical (unpaired) electrons. The lowest BCUT2D eigenvalue weighted by Crippen LogP contribution is -2.16. The molecule has 0 aromatic carbocycles. The Balaban J connectivity index is 3.13. The molecular formula is C9H8ClIN2O. The highest BCUT2D eigenvalue weighted by atomic mass is 127. The molecule has 0 saturated carbocycles. The minimum atomic E-state index is -0.00519. The molecule has 0 bridgehead atoms. The summed E-state index contributed by atoms with van der Waals surface area (Å²) in [7, 11) is 3.59. The van der Waals surface area contributed by atoms with Crippen molar-refractivity contribution in [2.24, 2.45) is 14.1 Å². The van der Waals surface area contributed by atoms with E-state index in [0.29, 0.717) is 10.4 Å². The van der Waals surface area contributed by atoms with E-state index < -0.39 is 0 Å². The van der Waals surface area contributed by atoms with Crippen LogP contribution in [0.1, 0.15) is 0 Å². The first-order chi connectivity index (χ1) is 6.52. The Kier molecular flexibility index (Phi) is 2.35. The van der Waals surface area contributed by atoms with E-state index >= 15 is 0 Å². The van der Waals surface area contributed by atoms with Gasteiger partial charge in [0.1, 0.15) is 0 Å². The van der Waals surface area contributed by atoms with Gasteiger partial charge in [0.05, 0.1) is 15.9 Å². The molecule has 14 heavy (non-hydrogen) atoms. The quantitative estimate of drug-likeness (QED) is 0.683. The predicted molar refractivity (Wildman–Crippen MR) is 65.9 cm³/mol. The second-order valence-electron chi connectivity index (χ2n) is 3.20. The van der Waals surface area contributed by atoms with Gasteiger partial charge in [0.2, 0.25) is 0 Å². The highest BCUT2D eigenvalue weighted by molar-refractivity contribution is 14.1. The normalized spacial score (nSPS) is 11.1. The third kappa shape index (κ3) is 1.28. The molecule has 0 amide bonds. The SMILES string of the molecule is Cn1cc(Cl)c2c(c(I)cn2C)c1=O. The van der Waals surface area contributed by atoms with E-state index in [4.69, 9.17) is 11.6 Å². The van der Waals surface area contributed by atoms with Crippen molar-refractivity contribution < 1.29 is 0 Å². The van der Waals surface area contributed by atoms with Crippen LogP contribution in [0.4, 0.5) is 0 Å². The number of halogens is 2. The first kappa shape index (κ1) is 10.0. The fourth-order valence-corrected chi connectivity index (χ4v) is 2.82. The Labute approximate surface area is 99.4 Å². The molecule has 5 heteroatoms. The molecule has 0 N–H and O–H groups in total.